The van der Waals surface area contributed by atoms with Gasteiger partial charge >= 0.3 is 0 Å². The minimum absolute atomic E-state index is 0.193. The lowest BCUT2D eigenvalue weighted by Crippen LogP contribution is -2.34. The van der Waals surface area contributed by atoms with Gasteiger partial charge in [0, 0.05) is 31.6 Å². The van der Waals surface area contributed by atoms with E-state index in [9.17, 15) is 4.79 Å². The number of carbonyl (C=O) groups is 1. The molecule has 1 aromatic carbocycles. The van der Waals surface area contributed by atoms with Crippen molar-refractivity contribution in [2.24, 2.45) is 11.8 Å². The first-order valence-corrected chi connectivity index (χ1v) is 8.70. The van der Waals surface area contributed by atoms with Crippen LogP contribution in [0.2, 0.25) is 0 Å². The standard InChI is InChI=1S/C19H30N2O3/c1-14(15-7-9-20-10-8-15)11-19(22)21(2)13-16-5-6-17(23-3)12-18(16)24-4/h5-6,12,14-15,20H,7-11,13H2,1-4H3. The highest BCUT2D eigenvalue weighted by Gasteiger charge is 2.23. The van der Waals surface area contributed by atoms with Crippen LogP contribution in [0.4, 0.5) is 0 Å². The average Bonchev–Trinajstić information content (AvgIpc) is 2.62. The Balaban J connectivity index is 1.93. The number of nitrogens with one attached hydrogen (secondary N) is 1. The molecule has 5 heteroatoms. The third-order valence-electron chi connectivity index (χ3n) is 5.01. The van der Waals surface area contributed by atoms with Crippen LogP contribution >= 0.6 is 0 Å². The Morgan fingerprint density at radius 3 is 2.62 bits per heavy atom. The van der Waals surface area contributed by atoms with Crippen LogP contribution in [-0.2, 0) is 11.3 Å². The zero-order valence-corrected chi connectivity index (χ0v) is 15.3. The summed E-state index contributed by atoms with van der Waals surface area (Å²) in [5.74, 6) is 2.78. The molecule has 5 nitrogen and oxygen atoms in total. The molecule has 1 aliphatic heterocycles. The Bertz CT molecular complexity index is 541. The molecule has 134 valence electrons. The van der Waals surface area contributed by atoms with Gasteiger partial charge in [0.05, 0.1) is 14.2 Å². The van der Waals surface area contributed by atoms with E-state index < -0.39 is 0 Å². The minimum atomic E-state index is 0.193. The van der Waals surface area contributed by atoms with Crippen LogP contribution in [0.3, 0.4) is 0 Å². The molecule has 0 aliphatic carbocycles. The van der Waals surface area contributed by atoms with Crippen molar-refractivity contribution >= 4 is 5.91 Å². The number of hydrogen-bond acceptors (Lipinski definition) is 4. The number of carbonyl (C=O) groups excluding carboxylic acids is 1. The summed E-state index contributed by atoms with van der Waals surface area (Å²) >= 11 is 0. The van der Waals surface area contributed by atoms with Gasteiger partial charge in [0.2, 0.25) is 5.91 Å². The zero-order chi connectivity index (χ0) is 17.5. The van der Waals surface area contributed by atoms with Crippen molar-refractivity contribution in [2.75, 3.05) is 34.4 Å². The fourth-order valence-electron chi connectivity index (χ4n) is 3.34. The molecule has 1 saturated heterocycles. The number of ether oxygens (including phenoxy) is 2. The predicted octanol–water partition coefficient (Wildman–Crippen LogP) is 2.69. The van der Waals surface area contributed by atoms with Gasteiger partial charge < -0.3 is 19.7 Å². The molecule has 1 unspecified atom stereocenters. The summed E-state index contributed by atoms with van der Waals surface area (Å²) in [6.07, 6.45) is 2.95. The number of rotatable bonds is 7. The predicted molar refractivity (Wildman–Crippen MR) is 95.4 cm³/mol. The van der Waals surface area contributed by atoms with Gasteiger partial charge in [-0.2, -0.15) is 0 Å². The summed E-state index contributed by atoms with van der Waals surface area (Å²) in [7, 11) is 5.13. The lowest BCUT2D eigenvalue weighted by Gasteiger charge is -2.29. The summed E-state index contributed by atoms with van der Waals surface area (Å²) < 4.78 is 10.6. The highest BCUT2D eigenvalue weighted by Crippen LogP contribution is 2.27. The molecule has 0 bridgehead atoms. The number of methoxy groups -OCH3 is 2. The van der Waals surface area contributed by atoms with Crippen LogP contribution in [0, 0.1) is 11.8 Å². The van der Waals surface area contributed by atoms with Crippen molar-refractivity contribution in [3.8, 4) is 11.5 Å². The van der Waals surface area contributed by atoms with Gasteiger partial charge in [0.25, 0.3) is 0 Å². The summed E-state index contributed by atoms with van der Waals surface area (Å²) in [4.78, 5) is 14.4. The molecule has 1 atom stereocenters. The zero-order valence-electron chi connectivity index (χ0n) is 15.3. The van der Waals surface area contributed by atoms with Gasteiger partial charge in [-0.1, -0.05) is 6.92 Å². The van der Waals surface area contributed by atoms with Crippen LogP contribution in [-0.4, -0.2) is 45.2 Å². The van der Waals surface area contributed by atoms with E-state index in [-0.39, 0.29) is 5.91 Å². The third-order valence-corrected chi connectivity index (χ3v) is 5.01. The first-order chi connectivity index (χ1) is 11.5. The number of amides is 1. The van der Waals surface area contributed by atoms with Gasteiger partial charge in [-0.15, -0.1) is 0 Å². The van der Waals surface area contributed by atoms with Crippen LogP contribution in [0.25, 0.3) is 0 Å². The second-order valence-electron chi connectivity index (χ2n) is 6.70. The molecule has 0 spiro atoms. The molecule has 0 radical (unpaired) electrons. The monoisotopic (exact) mass is 334 g/mol. The third kappa shape index (κ3) is 4.87. The van der Waals surface area contributed by atoms with Crippen molar-refractivity contribution in [3.63, 3.8) is 0 Å². The van der Waals surface area contributed by atoms with Gasteiger partial charge in [-0.3, -0.25) is 4.79 Å². The van der Waals surface area contributed by atoms with E-state index in [0.29, 0.717) is 24.8 Å². The average molecular weight is 334 g/mol. The maximum Gasteiger partial charge on any atom is 0.222 e. The van der Waals surface area contributed by atoms with Crippen molar-refractivity contribution < 1.29 is 14.3 Å². The SMILES string of the molecule is COc1ccc(CN(C)C(=O)CC(C)C2CCNCC2)c(OC)c1. The molecule has 0 aromatic heterocycles. The Morgan fingerprint density at radius 2 is 2.00 bits per heavy atom. The first kappa shape index (κ1) is 18.6. The fourth-order valence-corrected chi connectivity index (χ4v) is 3.34. The van der Waals surface area contributed by atoms with E-state index in [2.05, 4.69) is 12.2 Å². The van der Waals surface area contributed by atoms with E-state index in [1.54, 1.807) is 19.1 Å². The molecule has 1 aromatic rings. The largest absolute Gasteiger partial charge is 0.497 e. The van der Waals surface area contributed by atoms with Crippen LogP contribution in [0.1, 0.15) is 31.7 Å². The topological polar surface area (TPSA) is 50.8 Å². The Kier molecular flexibility index (Phi) is 6.91. The molecular formula is C19H30N2O3. The second-order valence-corrected chi connectivity index (χ2v) is 6.70. The quantitative estimate of drug-likeness (QED) is 0.833. The van der Waals surface area contributed by atoms with Crippen LogP contribution < -0.4 is 14.8 Å². The Morgan fingerprint density at radius 1 is 1.29 bits per heavy atom. The van der Waals surface area contributed by atoms with Crippen LogP contribution in [0.15, 0.2) is 18.2 Å². The first-order valence-electron chi connectivity index (χ1n) is 8.70. The van der Waals surface area contributed by atoms with E-state index in [1.807, 2.05) is 25.2 Å². The Hall–Kier alpha value is -1.75. The van der Waals surface area contributed by atoms with Crippen LogP contribution in [0.5, 0.6) is 11.5 Å². The number of hydrogen-bond donors (Lipinski definition) is 1. The molecule has 1 fully saturated rings. The molecule has 2 rings (SSSR count). The van der Waals surface area contributed by atoms with Crippen molar-refractivity contribution in [1.29, 1.82) is 0 Å². The second kappa shape index (κ2) is 8.92. The lowest BCUT2D eigenvalue weighted by molar-refractivity contribution is -0.131. The number of piperidine rings is 1. The maximum absolute atomic E-state index is 12.6. The number of benzene rings is 1. The van der Waals surface area contributed by atoms with Gasteiger partial charge in [-0.05, 0) is 49.9 Å². The van der Waals surface area contributed by atoms with E-state index in [1.165, 1.54) is 12.8 Å². The summed E-state index contributed by atoms with van der Waals surface area (Å²) in [6, 6.07) is 5.71. The van der Waals surface area contributed by atoms with Gasteiger partial charge in [0.15, 0.2) is 0 Å². The summed E-state index contributed by atoms with van der Waals surface area (Å²) in [5, 5.41) is 3.38. The molecule has 1 N–H and O–H groups in total. The molecule has 24 heavy (non-hydrogen) atoms. The van der Waals surface area contributed by atoms with E-state index in [4.69, 9.17) is 9.47 Å². The highest BCUT2D eigenvalue weighted by molar-refractivity contribution is 5.76. The number of nitrogens with zero attached hydrogens (tertiary/aromatic N) is 1. The van der Waals surface area contributed by atoms with E-state index in [0.717, 1.165) is 30.2 Å². The molecule has 1 aliphatic rings. The minimum Gasteiger partial charge on any atom is -0.497 e. The normalized spacial score (nSPS) is 16.5. The molecule has 1 amide bonds. The summed E-state index contributed by atoms with van der Waals surface area (Å²) in [5.41, 5.74) is 0.990. The van der Waals surface area contributed by atoms with E-state index >= 15 is 0 Å². The van der Waals surface area contributed by atoms with Crippen molar-refractivity contribution in [1.82, 2.24) is 10.2 Å². The maximum atomic E-state index is 12.6. The lowest BCUT2D eigenvalue weighted by atomic mass is 9.84. The molecule has 0 saturated carbocycles. The van der Waals surface area contributed by atoms with Gasteiger partial charge in [0.1, 0.15) is 11.5 Å². The van der Waals surface area contributed by atoms with Gasteiger partial charge in [-0.25, -0.2) is 0 Å². The molecule has 1 heterocycles. The smallest absolute Gasteiger partial charge is 0.222 e. The highest BCUT2D eigenvalue weighted by atomic mass is 16.5. The Labute approximate surface area is 145 Å². The van der Waals surface area contributed by atoms with Crippen molar-refractivity contribution in [3.05, 3.63) is 23.8 Å². The summed E-state index contributed by atoms with van der Waals surface area (Å²) in [6.45, 7) is 4.89. The fraction of sp³-hybridized carbons (Fsp3) is 0.632. The van der Waals surface area contributed by atoms with Crippen molar-refractivity contribution in [2.45, 2.75) is 32.7 Å². The molecular weight excluding hydrogens is 304 g/mol.